The predicted molar refractivity (Wildman–Crippen MR) is 110 cm³/mol. The molecule has 1 aliphatic heterocycles. The van der Waals surface area contributed by atoms with Crippen molar-refractivity contribution in [1.29, 1.82) is 0 Å². The van der Waals surface area contributed by atoms with E-state index in [2.05, 4.69) is 16.0 Å². The zero-order chi connectivity index (χ0) is 19.3. The van der Waals surface area contributed by atoms with E-state index < -0.39 is 0 Å². The summed E-state index contributed by atoms with van der Waals surface area (Å²) in [6.45, 7) is 3.26. The number of methoxy groups -OCH3 is 1. The molecule has 0 radical (unpaired) electrons. The molecule has 1 aliphatic rings. The summed E-state index contributed by atoms with van der Waals surface area (Å²) in [5.41, 5.74) is 8.96. The second kappa shape index (κ2) is 8.19. The lowest BCUT2D eigenvalue weighted by atomic mass is 10.1. The Labute approximate surface area is 164 Å². The quantitative estimate of drug-likeness (QED) is 0.726. The second-order valence-corrected chi connectivity index (χ2v) is 6.53. The van der Waals surface area contributed by atoms with Crippen LogP contribution in [0.15, 0.2) is 60.8 Å². The first kappa shape index (κ1) is 18.1. The van der Waals surface area contributed by atoms with Gasteiger partial charge in [0.2, 0.25) is 0 Å². The highest BCUT2D eigenvalue weighted by Gasteiger charge is 2.13. The van der Waals surface area contributed by atoms with Crippen molar-refractivity contribution in [3.63, 3.8) is 0 Å². The minimum Gasteiger partial charge on any atom is -0.497 e. The molecule has 0 bridgehead atoms. The largest absolute Gasteiger partial charge is 0.497 e. The SMILES string of the molecule is COc1cccc(-c2cc(Oc3cccc(N4CCOCC4)c3)cnc2N)c1. The number of nitrogens with two attached hydrogens (primary N) is 1. The van der Waals surface area contributed by atoms with Crippen molar-refractivity contribution in [3.05, 3.63) is 60.8 Å². The van der Waals surface area contributed by atoms with E-state index in [-0.39, 0.29) is 0 Å². The summed E-state index contributed by atoms with van der Waals surface area (Å²) in [5.74, 6) is 2.60. The molecule has 28 heavy (non-hydrogen) atoms. The third-order valence-corrected chi connectivity index (χ3v) is 4.70. The Balaban J connectivity index is 1.58. The van der Waals surface area contributed by atoms with Gasteiger partial charge in [0, 0.05) is 30.4 Å². The third-order valence-electron chi connectivity index (χ3n) is 4.70. The maximum absolute atomic E-state index is 6.10. The molecule has 144 valence electrons. The number of ether oxygens (including phenoxy) is 3. The molecule has 0 unspecified atom stereocenters. The van der Waals surface area contributed by atoms with Crippen LogP contribution >= 0.6 is 0 Å². The van der Waals surface area contributed by atoms with Crippen LogP contribution in [0.4, 0.5) is 11.5 Å². The van der Waals surface area contributed by atoms with Gasteiger partial charge in [0.25, 0.3) is 0 Å². The van der Waals surface area contributed by atoms with Gasteiger partial charge in [-0.2, -0.15) is 0 Å². The number of pyridine rings is 1. The Bertz CT molecular complexity index is 955. The van der Waals surface area contributed by atoms with Crippen molar-refractivity contribution in [3.8, 4) is 28.4 Å². The highest BCUT2D eigenvalue weighted by Crippen LogP contribution is 2.33. The van der Waals surface area contributed by atoms with Crippen molar-refractivity contribution in [2.45, 2.75) is 0 Å². The van der Waals surface area contributed by atoms with Gasteiger partial charge in [-0.05, 0) is 35.9 Å². The lowest BCUT2D eigenvalue weighted by Gasteiger charge is -2.29. The van der Waals surface area contributed by atoms with Gasteiger partial charge >= 0.3 is 0 Å². The van der Waals surface area contributed by atoms with Gasteiger partial charge in [-0.25, -0.2) is 4.98 Å². The van der Waals surface area contributed by atoms with Crippen molar-refractivity contribution in [1.82, 2.24) is 4.98 Å². The fraction of sp³-hybridized carbons (Fsp3) is 0.227. The number of aromatic nitrogens is 1. The normalized spacial score (nSPS) is 14.0. The van der Waals surface area contributed by atoms with Crippen LogP contribution in [0.1, 0.15) is 0 Å². The smallest absolute Gasteiger partial charge is 0.146 e. The highest BCUT2D eigenvalue weighted by atomic mass is 16.5. The molecule has 2 aromatic carbocycles. The lowest BCUT2D eigenvalue weighted by Crippen LogP contribution is -2.36. The van der Waals surface area contributed by atoms with E-state index >= 15 is 0 Å². The fourth-order valence-electron chi connectivity index (χ4n) is 3.24. The number of rotatable bonds is 5. The van der Waals surface area contributed by atoms with E-state index in [1.165, 1.54) is 0 Å². The molecule has 3 aromatic rings. The molecule has 0 aliphatic carbocycles. The van der Waals surface area contributed by atoms with Gasteiger partial charge < -0.3 is 24.8 Å². The van der Waals surface area contributed by atoms with Crippen LogP contribution in [-0.4, -0.2) is 38.4 Å². The van der Waals surface area contributed by atoms with Gasteiger partial charge in [0.1, 0.15) is 23.1 Å². The number of hydrogen-bond donors (Lipinski definition) is 1. The van der Waals surface area contributed by atoms with Gasteiger partial charge in [-0.15, -0.1) is 0 Å². The second-order valence-electron chi connectivity index (χ2n) is 6.53. The molecular weight excluding hydrogens is 354 g/mol. The summed E-state index contributed by atoms with van der Waals surface area (Å²) in [4.78, 5) is 6.60. The van der Waals surface area contributed by atoms with Gasteiger partial charge in [0.15, 0.2) is 0 Å². The zero-order valence-electron chi connectivity index (χ0n) is 15.8. The van der Waals surface area contributed by atoms with Gasteiger partial charge in [-0.3, -0.25) is 0 Å². The third kappa shape index (κ3) is 4.02. The standard InChI is InChI=1S/C22H23N3O3/c1-26-18-6-2-4-16(12-18)21-14-20(15-24-22(21)23)28-19-7-3-5-17(13-19)25-8-10-27-11-9-25/h2-7,12-15H,8-11H2,1H3,(H2,23,24). The summed E-state index contributed by atoms with van der Waals surface area (Å²) in [6.07, 6.45) is 1.64. The molecule has 0 atom stereocenters. The van der Waals surface area contributed by atoms with Crippen LogP contribution in [0.25, 0.3) is 11.1 Å². The van der Waals surface area contributed by atoms with Crippen LogP contribution in [-0.2, 0) is 4.74 Å². The number of benzene rings is 2. The van der Waals surface area contributed by atoms with Crippen molar-refractivity contribution in [2.75, 3.05) is 44.0 Å². The minimum absolute atomic E-state index is 0.447. The molecule has 6 heteroatoms. The van der Waals surface area contributed by atoms with E-state index in [9.17, 15) is 0 Å². The first-order chi connectivity index (χ1) is 13.7. The van der Waals surface area contributed by atoms with Crippen LogP contribution in [0.3, 0.4) is 0 Å². The summed E-state index contributed by atoms with van der Waals surface area (Å²) >= 11 is 0. The van der Waals surface area contributed by atoms with E-state index in [0.717, 1.165) is 54.6 Å². The summed E-state index contributed by atoms with van der Waals surface area (Å²) in [7, 11) is 1.64. The predicted octanol–water partition coefficient (Wildman–Crippen LogP) is 3.97. The van der Waals surface area contributed by atoms with Gasteiger partial charge in [-0.1, -0.05) is 18.2 Å². The number of nitrogen functional groups attached to an aromatic ring is 1. The first-order valence-corrected chi connectivity index (χ1v) is 9.23. The molecule has 0 spiro atoms. The molecule has 0 saturated carbocycles. The average Bonchev–Trinajstić information content (AvgIpc) is 2.76. The Morgan fingerprint density at radius 2 is 1.75 bits per heavy atom. The van der Waals surface area contributed by atoms with E-state index in [1.54, 1.807) is 13.3 Å². The van der Waals surface area contributed by atoms with Crippen LogP contribution < -0.4 is 20.1 Å². The number of morpholine rings is 1. The Morgan fingerprint density at radius 3 is 2.57 bits per heavy atom. The van der Waals surface area contributed by atoms with E-state index in [4.69, 9.17) is 19.9 Å². The maximum Gasteiger partial charge on any atom is 0.146 e. The van der Waals surface area contributed by atoms with Crippen molar-refractivity contribution >= 4 is 11.5 Å². The number of anilines is 2. The molecule has 2 N–H and O–H groups in total. The van der Waals surface area contributed by atoms with Gasteiger partial charge in [0.05, 0.1) is 26.5 Å². The molecule has 1 aromatic heterocycles. The average molecular weight is 377 g/mol. The molecule has 1 fully saturated rings. The van der Waals surface area contributed by atoms with E-state index in [1.807, 2.05) is 48.5 Å². The Morgan fingerprint density at radius 1 is 0.964 bits per heavy atom. The van der Waals surface area contributed by atoms with Crippen LogP contribution in [0.5, 0.6) is 17.2 Å². The number of nitrogens with zero attached hydrogens (tertiary/aromatic N) is 2. The summed E-state index contributed by atoms with van der Waals surface area (Å²) < 4.78 is 16.8. The van der Waals surface area contributed by atoms with E-state index in [0.29, 0.717) is 11.6 Å². The molecule has 4 rings (SSSR count). The van der Waals surface area contributed by atoms with Crippen molar-refractivity contribution < 1.29 is 14.2 Å². The Hall–Kier alpha value is -3.25. The first-order valence-electron chi connectivity index (χ1n) is 9.23. The van der Waals surface area contributed by atoms with Crippen molar-refractivity contribution in [2.24, 2.45) is 0 Å². The molecule has 2 heterocycles. The lowest BCUT2D eigenvalue weighted by molar-refractivity contribution is 0.122. The zero-order valence-corrected chi connectivity index (χ0v) is 15.8. The topological polar surface area (TPSA) is 69.8 Å². The minimum atomic E-state index is 0.447. The number of hydrogen-bond acceptors (Lipinski definition) is 6. The Kier molecular flexibility index (Phi) is 5.30. The monoisotopic (exact) mass is 377 g/mol. The molecule has 6 nitrogen and oxygen atoms in total. The fourth-order valence-corrected chi connectivity index (χ4v) is 3.24. The molecule has 0 amide bonds. The highest BCUT2D eigenvalue weighted by molar-refractivity contribution is 5.75. The van der Waals surface area contributed by atoms with Crippen LogP contribution in [0.2, 0.25) is 0 Å². The van der Waals surface area contributed by atoms with Crippen LogP contribution in [0, 0.1) is 0 Å². The summed E-state index contributed by atoms with van der Waals surface area (Å²) in [5, 5.41) is 0. The molecule has 1 saturated heterocycles. The molecular formula is C22H23N3O3. The maximum atomic E-state index is 6.10. The summed E-state index contributed by atoms with van der Waals surface area (Å²) in [6, 6.07) is 17.7.